The van der Waals surface area contributed by atoms with Crippen LogP contribution in [-0.2, 0) is 0 Å². The molecule has 0 radical (unpaired) electrons. The van der Waals surface area contributed by atoms with Crippen LogP contribution in [0.3, 0.4) is 0 Å². The minimum atomic E-state index is -0.545. The Morgan fingerprint density at radius 2 is 1.70 bits per heavy atom. The van der Waals surface area contributed by atoms with Gasteiger partial charge >= 0.3 is 5.63 Å². The van der Waals surface area contributed by atoms with Gasteiger partial charge in [0.15, 0.2) is 11.5 Å². The zero-order chi connectivity index (χ0) is 14.3. The molecule has 1 aromatic heterocycles. The molecule has 100 valence electrons. The third-order valence-corrected chi connectivity index (χ3v) is 3.27. The molecule has 0 amide bonds. The summed E-state index contributed by atoms with van der Waals surface area (Å²) in [6.45, 7) is 1.92. The Bertz CT molecular complexity index is 862. The lowest BCUT2D eigenvalue weighted by Crippen LogP contribution is -2.00. The van der Waals surface area contributed by atoms with Gasteiger partial charge in [-0.15, -0.1) is 0 Å². The maximum Gasteiger partial charge on any atom is 0.344 e. The van der Waals surface area contributed by atoms with Gasteiger partial charge in [-0.2, -0.15) is 0 Å². The van der Waals surface area contributed by atoms with Gasteiger partial charge in [0.25, 0.3) is 0 Å². The van der Waals surface area contributed by atoms with Gasteiger partial charge in [0, 0.05) is 5.56 Å². The molecule has 0 saturated carbocycles. The summed E-state index contributed by atoms with van der Waals surface area (Å²) in [5.74, 6) is -0.169. The first-order valence-electron chi connectivity index (χ1n) is 6.12. The van der Waals surface area contributed by atoms with Crippen LogP contribution in [0.25, 0.3) is 22.1 Å². The Morgan fingerprint density at radius 1 is 1.00 bits per heavy atom. The van der Waals surface area contributed by atoms with Crippen LogP contribution in [0.1, 0.15) is 5.56 Å². The fraction of sp³-hybridized carbons (Fsp3) is 0.0625. The zero-order valence-corrected chi connectivity index (χ0v) is 10.8. The van der Waals surface area contributed by atoms with E-state index >= 15 is 0 Å². The highest BCUT2D eigenvalue weighted by Gasteiger charge is 2.11. The van der Waals surface area contributed by atoms with Crippen molar-refractivity contribution in [2.45, 2.75) is 6.92 Å². The Kier molecular flexibility index (Phi) is 2.71. The molecular formula is C16H12O4. The molecule has 2 aromatic carbocycles. The van der Waals surface area contributed by atoms with Crippen molar-refractivity contribution >= 4 is 10.8 Å². The molecule has 0 aliphatic heterocycles. The number of aromatic hydroxyl groups is 2. The molecule has 0 saturated heterocycles. The lowest BCUT2D eigenvalue weighted by atomic mass is 10.0. The summed E-state index contributed by atoms with van der Waals surface area (Å²) >= 11 is 0. The Balaban J connectivity index is 2.33. The predicted molar refractivity (Wildman–Crippen MR) is 76.0 cm³/mol. The van der Waals surface area contributed by atoms with Gasteiger partial charge in [-0.3, -0.25) is 0 Å². The highest BCUT2D eigenvalue weighted by Crippen LogP contribution is 2.31. The predicted octanol–water partition coefficient (Wildman–Crippen LogP) is 3.18. The molecule has 0 aliphatic rings. The maximum atomic E-state index is 12.0. The molecule has 4 heteroatoms. The van der Waals surface area contributed by atoms with E-state index in [4.69, 9.17) is 4.42 Å². The van der Waals surface area contributed by atoms with E-state index < -0.39 is 5.63 Å². The second-order valence-corrected chi connectivity index (χ2v) is 4.64. The van der Waals surface area contributed by atoms with Crippen LogP contribution in [0.5, 0.6) is 11.5 Å². The molecular weight excluding hydrogens is 256 g/mol. The number of fused-ring (bicyclic) bond motifs is 1. The van der Waals surface area contributed by atoms with E-state index in [9.17, 15) is 15.0 Å². The SMILES string of the molecule is Cc1ccccc1-c1cc2cc(O)c(O)cc2c(=O)o1. The van der Waals surface area contributed by atoms with E-state index in [-0.39, 0.29) is 16.9 Å². The molecule has 0 atom stereocenters. The third-order valence-electron chi connectivity index (χ3n) is 3.27. The fourth-order valence-electron chi connectivity index (χ4n) is 2.20. The van der Waals surface area contributed by atoms with Crippen molar-refractivity contribution in [3.05, 3.63) is 58.4 Å². The highest BCUT2D eigenvalue weighted by molar-refractivity contribution is 5.87. The van der Waals surface area contributed by atoms with Gasteiger partial charge in [0.2, 0.25) is 0 Å². The molecule has 0 aliphatic carbocycles. The van der Waals surface area contributed by atoms with E-state index in [2.05, 4.69) is 0 Å². The minimum absolute atomic E-state index is 0.234. The third kappa shape index (κ3) is 1.91. The monoisotopic (exact) mass is 268 g/mol. The molecule has 0 spiro atoms. The fourth-order valence-corrected chi connectivity index (χ4v) is 2.20. The van der Waals surface area contributed by atoms with E-state index in [1.807, 2.05) is 31.2 Å². The number of hydrogen-bond acceptors (Lipinski definition) is 4. The number of phenolic OH excluding ortho intramolecular Hbond substituents is 2. The standard InChI is InChI=1S/C16H12O4/c1-9-4-2-3-5-11(9)15-7-10-6-13(17)14(18)8-12(10)16(19)20-15/h2-8,17-18H,1H3. The highest BCUT2D eigenvalue weighted by atomic mass is 16.4. The number of aryl methyl sites for hydroxylation is 1. The van der Waals surface area contributed by atoms with Crippen LogP contribution in [0.4, 0.5) is 0 Å². The summed E-state index contributed by atoms with van der Waals surface area (Å²) in [6.07, 6.45) is 0. The van der Waals surface area contributed by atoms with Crippen LogP contribution in [0.2, 0.25) is 0 Å². The summed E-state index contributed by atoms with van der Waals surface area (Å²) < 4.78 is 5.30. The Hall–Kier alpha value is -2.75. The van der Waals surface area contributed by atoms with Crippen molar-refractivity contribution in [3.8, 4) is 22.8 Å². The molecule has 2 N–H and O–H groups in total. The second-order valence-electron chi connectivity index (χ2n) is 4.64. The number of hydrogen-bond donors (Lipinski definition) is 2. The number of phenols is 2. The van der Waals surface area contributed by atoms with E-state index in [0.717, 1.165) is 11.1 Å². The molecule has 4 nitrogen and oxygen atoms in total. The lowest BCUT2D eigenvalue weighted by molar-refractivity contribution is 0.404. The molecule has 3 rings (SSSR count). The first-order chi connectivity index (χ1) is 9.56. The smallest absolute Gasteiger partial charge is 0.344 e. The van der Waals surface area contributed by atoms with E-state index in [1.54, 1.807) is 6.07 Å². The zero-order valence-electron chi connectivity index (χ0n) is 10.8. The second kappa shape index (κ2) is 4.42. The van der Waals surface area contributed by atoms with Gasteiger partial charge in [0.1, 0.15) is 5.76 Å². The molecule has 3 aromatic rings. The van der Waals surface area contributed by atoms with Gasteiger partial charge in [0.05, 0.1) is 5.39 Å². The summed E-state index contributed by atoms with van der Waals surface area (Å²) in [6, 6.07) is 11.8. The first-order valence-corrected chi connectivity index (χ1v) is 6.12. The molecule has 1 heterocycles. The first kappa shape index (κ1) is 12.3. The quantitative estimate of drug-likeness (QED) is 0.665. The van der Waals surface area contributed by atoms with Crippen molar-refractivity contribution < 1.29 is 14.6 Å². The Labute approximate surface area is 114 Å². The van der Waals surface area contributed by atoms with Crippen molar-refractivity contribution in [1.82, 2.24) is 0 Å². The number of rotatable bonds is 1. The van der Waals surface area contributed by atoms with Crippen molar-refractivity contribution in [2.75, 3.05) is 0 Å². The van der Waals surface area contributed by atoms with E-state index in [0.29, 0.717) is 11.1 Å². The van der Waals surface area contributed by atoms with Gasteiger partial charge < -0.3 is 14.6 Å². The summed E-state index contributed by atoms with van der Waals surface area (Å²) in [7, 11) is 0. The van der Waals surface area contributed by atoms with Crippen molar-refractivity contribution in [1.29, 1.82) is 0 Å². The van der Waals surface area contributed by atoms with Gasteiger partial charge in [-0.05, 0) is 36.1 Å². The van der Waals surface area contributed by atoms with Crippen LogP contribution >= 0.6 is 0 Å². The Morgan fingerprint density at radius 3 is 2.45 bits per heavy atom. The summed E-state index contributed by atoms with van der Waals surface area (Å²) in [5.41, 5.74) is 1.26. The average molecular weight is 268 g/mol. The van der Waals surface area contributed by atoms with Crippen LogP contribution < -0.4 is 5.63 Å². The summed E-state index contributed by atoms with van der Waals surface area (Å²) in [4.78, 5) is 12.0. The topological polar surface area (TPSA) is 70.7 Å². The van der Waals surface area contributed by atoms with Crippen LogP contribution in [0, 0.1) is 6.92 Å². The maximum absolute atomic E-state index is 12.0. The molecule has 20 heavy (non-hydrogen) atoms. The number of benzene rings is 2. The van der Waals surface area contributed by atoms with Gasteiger partial charge in [-0.25, -0.2) is 4.79 Å². The van der Waals surface area contributed by atoms with Crippen molar-refractivity contribution in [3.63, 3.8) is 0 Å². The average Bonchev–Trinajstić information content (AvgIpc) is 2.41. The minimum Gasteiger partial charge on any atom is -0.504 e. The largest absolute Gasteiger partial charge is 0.504 e. The normalized spacial score (nSPS) is 10.8. The summed E-state index contributed by atoms with van der Waals surface area (Å²) in [5, 5.41) is 19.7. The molecule has 0 bridgehead atoms. The van der Waals surface area contributed by atoms with Crippen molar-refractivity contribution in [2.24, 2.45) is 0 Å². The van der Waals surface area contributed by atoms with E-state index in [1.165, 1.54) is 12.1 Å². The van der Waals surface area contributed by atoms with Gasteiger partial charge in [-0.1, -0.05) is 24.3 Å². The molecule has 0 unspecified atom stereocenters. The molecule has 0 fully saturated rings. The van der Waals surface area contributed by atoms with Crippen LogP contribution in [0.15, 0.2) is 51.7 Å². The lowest BCUT2D eigenvalue weighted by Gasteiger charge is -2.06. The van der Waals surface area contributed by atoms with Crippen LogP contribution in [-0.4, -0.2) is 10.2 Å².